The third-order valence-corrected chi connectivity index (χ3v) is 4.62. The van der Waals surface area contributed by atoms with Crippen molar-refractivity contribution in [2.45, 2.75) is 26.0 Å². The lowest BCUT2D eigenvalue weighted by Crippen LogP contribution is -2.45. The van der Waals surface area contributed by atoms with Gasteiger partial charge in [-0.15, -0.1) is 0 Å². The Labute approximate surface area is 133 Å². The summed E-state index contributed by atoms with van der Waals surface area (Å²) in [5.41, 5.74) is 1.97. The molecule has 3 rings (SSSR count). The Kier molecular flexibility index (Phi) is 4.30. The van der Waals surface area contributed by atoms with Crippen molar-refractivity contribution in [3.8, 4) is 0 Å². The fourth-order valence-electron chi connectivity index (χ4n) is 2.91. The zero-order valence-corrected chi connectivity index (χ0v) is 13.8. The van der Waals surface area contributed by atoms with Crippen LogP contribution in [-0.2, 0) is 15.9 Å². The molecular weight excluding hydrogens is 275 g/mol. The first kappa shape index (κ1) is 15.6. The average Bonchev–Trinajstić information content (AvgIpc) is 2.76. The molecule has 0 aliphatic carbocycles. The van der Waals surface area contributed by atoms with Crippen molar-refractivity contribution in [2.24, 2.45) is 0 Å². The van der Waals surface area contributed by atoms with Crippen molar-refractivity contribution < 1.29 is 9.31 Å². The number of likely N-dealkylation sites (N-methyl/N-ethyl adjacent to an activating group) is 1. The van der Waals surface area contributed by atoms with E-state index in [9.17, 15) is 0 Å². The summed E-state index contributed by atoms with van der Waals surface area (Å²) in [7, 11) is 1.84. The molecule has 2 saturated heterocycles. The summed E-state index contributed by atoms with van der Waals surface area (Å²) in [4.78, 5) is 4.87. The van der Waals surface area contributed by atoms with Crippen LogP contribution in [0.2, 0.25) is 0 Å². The molecule has 2 aliphatic rings. The summed E-state index contributed by atoms with van der Waals surface area (Å²) < 4.78 is 11.9. The lowest BCUT2D eigenvalue weighted by Gasteiger charge is -2.32. The Balaban J connectivity index is 1.75. The molecule has 0 spiro atoms. The molecule has 0 N–H and O–H groups in total. The maximum atomic E-state index is 6.05. The first-order valence-corrected chi connectivity index (χ1v) is 7.98. The minimum absolute atomic E-state index is 0.342. The van der Waals surface area contributed by atoms with E-state index in [-0.39, 0.29) is 7.12 Å². The lowest BCUT2D eigenvalue weighted by atomic mass is 9.76. The van der Waals surface area contributed by atoms with Crippen molar-refractivity contribution >= 4 is 12.6 Å². The summed E-state index contributed by atoms with van der Waals surface area (Å²) >= 11 is 0. The van der Waals surface area contributed by atoms with Crippen LogP contribution in [0.15, 0.2) is 36.6 Å². The summed E-state index contributed by atoms with van der Waals surface area (Å²) in [5, 5.41) is 0. The predicted octanol–water partition coefficient (Wildman–Crippen LogP) is 1.47. The fraction of sp³-hybridized carbons (Fsp3) is 0.529. The highest BCUT2D eigenvalue weighted by Gasteiger charge is 2.43. The van der Waals surface area contributed by atoms with Gasteiger partial charge < -0.3 is 14.2 Å². The fourth-order valence-corrected chi connectivity index (χ4v) is 2.91. The third kappa shape index (κ3) is 3.22. The van der Waals surface area contributed by atoms with E-state index in [2.05, 4.69) is 41.6 Å². The van der Waals surface area contributed by atoms with E-state index < -0.39 is 5.60 Å². The highest BCUT2D eigenvalue weighted by molar-refractivity contribution is 6.62. The van der Waals surface area contributed by atoms with E-state index >= 15 is 0 Å². The highest BCUT2D eigenvalue weighted by Crippen LogP contribution is 2.29. The molecule has 118 valence electrons. The van der Waals surface area contributed by atoms with Crippen LogP contribution in [-0.4, -0.2) is 55.7 Å². The van der Waals surface area contributed by atoms with Gasteiger partial charge in [0.2, 0.25) is 0 Å². The van der Waals surface area contributed by atoms with Gasteiger partial charge in [0.05, 0.1) is 5.76 Å². The number of benzene rings is 1. The number of nitrogens with zero attached hydrogens (tertiary/aromatic N) is 2. The van der Waals surface area contributed by atoms with Crippen LogP contribution in [0, 0.1) is 0 Å². The number of rotatable bonds is 3. The zero-order chi connectivity index (χ0) is 15.7. The van der Waals surface area contributed by atoms with E-state index in [1.54, 1.807) is 0 Å². The van der Waals surface area contributed by atoms with Crippen molar-refractivity contribution in [3.63, 3.8) is 0 Å². The molecule has 0 atom stereocenters. The maximum Gasteiger partial charge on any atom is 0.563 e. The summed E-state index contributed by atoms with van der Waals surface area (Å²) in [5.74, 6) is 0.701. The molecule has 22 heavy (non-hydrogen) atoms. The molecule has 0 unspecified atom stereocenters. The monoisotopic (exact) mass is 300 g/mol. The minimum atomic E-state index is -0.425. The molecule has 0 amide bonds. The molecule has 0 saturated carbocycles. The summed E-state index contributed by atoms with van der Waals surface area (Å²) in [6.45, 7) is 13.4. The third-order valence-electron chi connectivity index (χ3n) is 4.62. The second-order valence-corrected chi connectivity index (χ2v) is 6.78. The largest absolute Gasteiger partial charge is 0.563 e. The van der Waals surface area contributed by atoms with E-state index in [1.807, 2.05) is 19.9 Å². The van der Waals surface area contributed by atoms with Crippen molar-refractivity contribution in [1.29, 1.82) is 0 Å². The molecular formula is C17H25BN2O2. The van der Waals surface area contributed by atoms with Crippen LogP contribution in [0.1, 0.15) is 19.4 Å². The molecule has 0 bridgehead atoms. The zero-order valence-electron chi connectivity index (χ0n) is 13.8. The van der Waals surface area contributed by atoms with Crippen LogP contribution in [0.25, 0.3) is 0 Å². The summed E-state index contributed by atoms with van der Waals surface area (Å²) in [6, 6.07) is 8.41. The van der Waals surface area contributed by atoms with Gasteiger partial charge in [-0.3, -0.25) is 4.90 Å². The smallest absolute Gasteiger partial charge is 0.534 e. The summed E-state index contributed by atoms with van der Waals surface area (Å²) in [6.07, 6.45) is 0. The molecule has 5 heteroatoms. The van der Waals surface area contributed by atoms with Crippen LogP contribution in [0.3, 0.4) is 0 Å². The van der Waals surface area contributed by atoms with Crippen molar-refractivity contribution in [1.82, 2.24) is 9.80 Å². The highest BCUT2D eigenvalue weighted by atomic mass is 16.7. The van der Waals surface area contributed by atoms with Gasteiger partial charge in [0.1, 0.15) is 5.60 Å². The van der Waals surface area contributed by atoms with Gasteiger partial charge in [-0.25, -0.2) is 0 Å². The first-order chi connectivity index (χ1) is 10.5. The molecule has 0 radical (unpaired) electrons. The predicted molar refractivity (Wildman–Crippen MR) is 90.0 cm³/mol. The topological polar surface area (TPSA) is 24.9 Å². The Morgan fingerprint density at radius 3 is 2.50 bits per heavy atom. The van der Waals surface area contributed by atoms with Crippen LogP contribution in [0.5, 0.6) is 0 Å². The van der Waals surface area contributed by atoms with Gasteiger partial charge in [-0.2, -0.15) is 0 Å². The van der Waals surface area contributed by atoms with Crippen LogP contribution < -0.4 is 5.46 Å². The van der Waals surface area contributed by atoms with Crippen molar-refractivity contribution in [3.05, 3.63) is 42.2 Å². The van der Waals surface area contributed by atoms with E-state index in [0.29, 0.717) is 5.76 Å². The van der Waals surface area contributed by atoms with Gasteiger partial charge in [-0.05, 0) is 26.5 Å². The first-order valence-electron chi connectivity index (χ1n) is 7.98. The molecule has 1 aromatic carbocycles. The van der Waals surface area contributed by atoms with Gasteiger partial charge in [0.25, 0.3) is 0 Å². The second kappa shape index (κ2) is 6.07. The van der Waals surface area contributed by atoms with Gasteiger partial charge in [0, 0.05) is 38.2 Å². The molecule has 2 fully saturated rings. The Morgan fingerprint density at radius 2 is 1.86 bits per heavy atom. The normalized spacial score (nSPS) is 22.9. The van der Waals surface area contributed by atoms with Gasteiger partial charge in [0.15, 0.2) is 0 Å². The van der Waals surface area contributed by atoms with E-state index in [1.165, 1.54) is 5.56 Å². The number of hydrogen-bond donors (Lipinski definition) is 0. The SMILES string of the molecule is C=C1OB(c2ccccc2CN2CCN(C)CC2)OC1(C)C. The quantitative estimate of drug-likeness (QED) is 0.789. The van der Waals surface area contributed by atoms with Crippen molar-refractivity contribution in [2.75, 3.05) is 33.2 Å². The van der Waals surface area contributed by atoms with Crippen LogP contribution >= 0.6 is 0 Å². The molecule has 2 heterocycles. The molecule has 0 aromatic heterocycles. The molecule has 1 aromatic rings. The second-order valence-electron chi connectivity index (χ2n) is 6.78. The Hall–Kier alpha value is -1.30. The van der Waals surface area contributed by atoms with E-state index in [4.69, 9.17) is 9.31 Å². The molecule has 2 aliphatic heterocycles. The van der Waals surface area contributed by atoms with E-state index in [0.717, 1.165) is 38.2 Å². The molecule has 4 nitrogen and oxygen atoms in total. The van der Waals surface area contributed by atoms with Gasteiger partial charge in [-0.1, -0.05) is 30.8 Å². The van der Waals surface area contributed by atoms with Gasteiger partial charge >= 0.3 is 7.12 Å². The standard InChI is InChI=1S/C17H25BN2O2/c1-14-17(2,3)22-18(21-14)16-8-6-5-7-15(16)13-20-11-9-19(4)10-12-20/h5-8H,1,9-13H2,2-4H3. The Bertz CT molecular complexity index is 553. The number of hydrogen-bond acceptors (Lipinski definition) is 4. The maximum absolute atomic E-state index is 6.05. The lowest BCUT2D eigenvalue weighted by molar-refractivity contribution is 0.148. The minimum Gasteiger partial charge on any atom is -0.534 e. The Morgan fingerprint density at radius 1 is 1.18 bits per heavy atom. The van der Waals surface area contributed by atoms with Crippen LogP contribution in [0.4, 0.5) is 0 Å². The average molecular weight is 300 g/mol. The number of piperazine rings is 1.